The second kappa shape index (κ2) is 10.2. The Morgan fingerprint density at radius 2 is 1.50 bits per heavy atom. The number of ether oxygens (including phenoxy) is 3. The Labute approximate surface area is 190 Å². The fourth-order valence-corrected chi connectivity index (χ4v) is 4.87. The zero-order chi connectivity index (χ0) is 23.3. The van der Waals surface area contributed by atoms with Gasteiger partial charge in [0.15, 0.2) is 0 Å². The lowest BCUT2D eigenvalue weighted by atomic mass is 10.2. The van der Waals surface area contributed by atoms with Crippen LogP contribution in [-0.2, 0) is 14.8 Å². The van der Waals surface area contributed by atoms with Crippen LogP contribution in [0.1, 0.15) is 20.7 Å². The largest absolute Gasteiger partial charge is 0.497 e. The lowest BCUT2D eigenvalue weighted by Gasteiger charge is -2.26. The molecule has 0 atom stereocenters. The monoisotopic (exact) mass is 483 g/mol. The zero-order valence-electron chi connectivity index (χ0n) is 17.4. The Morgan fingerprint density at radius 3 is 2.06 bits per heavy atom. The maximum atomic E-state index is 12.9. The first-order valence-electron chi connectivity index (χ1n) is 9.47. The highest BCUT2D eigenvalue weighted by Crippen LogP contribution is 2.26. The molecule has 2 aromatic rings. The summed E-state index contributed by atoms with van der Waals surface area (Å²) in [5.41, 5.74) is 4.73. The Bertz CT molecular complexity index is 1100. The van der Waals surface area contributed by atoms with Crippen molar-refractivity contribution >= 4 is 33.4 Å². The fourth-order valence-electron chi connectivity index (χ4n) is 2.96. The molecule has 172 valence electrons. The molecule has 2 N–H and O–H groups in total. The molecular formula is C20H22ClN3O7S. The van der Waals surface area contributed by atoms with Crippen molar-refractivity contribution in [2.75, 3.05) is 40.5 Å². The lowest BCUT2D eigenvalue weighted by molar-refractivity contribution is 0.0730. The molecule has 0 aromatic heterocycles. The molecule has 1 saturated heterocycles. The molecule has 0 saturated carbocycles. The number of halogens is 1. The van der Waals surface area contributed by atoms with Crippen molar-refractivity contribution in [2.45, 2.75) is 4.90 Å². The molecule has 32 heavy (non-hydrogen) atoms. The number of nitrogens with zero attached hydrogens (tertiary/aromatic N) is 1. The van der Waals surface area contributed by atoms with E-state index in [1.54, 1.807) is 6.07 Å². The van der Waals surface area contributed by atoms with E-state index in [2.05, 4.69) is 10.9 Å². The van der Waals surface area contributed by atoms with Crippen LogP contribution in [0.5, 0.6) is 11.5 Å². The van der Waals surface area contributed by atoms with E-state index in [1.165, 1.54) is 48.9 Å². The molecule has 1 heterocycles. The number of hydrazine groups is 1. The smallest absolute Gasteiger partial charge is 0.269 e. The van der Waals surface area contributed by atoms with Crippen molar-refractivity contribution in [3.05, 3.63) is 52.5 Å². The quantitative estimate of drug-likeness (QED) is 0.596. The number of amides is 2. The van der Waals surface area contributed by atoms with E-state index in [0.29, 0.717) is 11.5 Å². The SMILES string of the molecule is COc1cc(OC)cc(C(=O)NNC(=O)c2ccc(Cl)c(S(=O)(=O)N3CCOCC3)c2)c1. The number of carbonyl (C=O) groups excluding carboxylic acids is 2. The highest BCUT2D eigenvalue weighted by Gasteiger charge is 2.29. The minimum absolute atomic E-state index is 0.00440. The molecule has 0 bridgehead atoms. The van der Waals surface area contributed by atoms with Gasteiger partial charge in [0.05, 0.1) is 32.5 Å². The Morgan fingerprint density at radius 1 is 0.938 bits per heavy atom. The summed E-state index contributed by atoms with van der Waals surface area (Å²) >= 11 is 6.11. The molecule has 12 heteroatoms. The molecule has 0 aliphatic carbocycles. The second-order valence-electron chi connectivity index (χ2n) is 6.67. The first-order valence-corrected chi connectivity index (χ1v) is 11.3. The maximum Gasteiger partial charge on any atom is 0.269 e. The number of nitrogens with one attached hydrogen (secondary N) is 2. The summed E-state index contributed by atoms with van der Waals surface area (Å²) in [6.45, 7) is 0.931. The van der Waals surface area contributed by atoms with Crippen LogP contribution in [0.4, 0.5) is 0 Å². The topological polar surface area (TPSA) is 123 Å². The molecule has 0 radical (unpaired) electrons. The maximum absolute atomic E-state index is 12.9. The van der Waals surface area contributed by atoms with Gasteiger partial charge in [-0.15, -0.1) is 0 Å². The van der Waals surface area contributed by atoms with Crippen LogP contribution in [0, 0.1) is 0 Å². The molecule has 2 amide bonds. The highest BCUT2D eigenvalue weighted by molar-refractivity contribution is 7.89. The number of rotatable bonds is 6. The number of carbonyl (C=O) groups is 2. The first kappa shape index (κ1) is 23.8. The number of morpholine rings is 1. The number of sulfonamides is 1. The van der Waals surface area contributed by atoms with Crippen LogP contribution < -0.4 is 20.3 Å². The Kier molecular flexibility index (Phi) is 7.56. The zero-order valence-corrected chi connectivity index (χ0v) is 19.0. The minimum Gasteiger partial charge on any atom is -0.497 e. The molecule has 3 rings (SSSR count). The van der Waals surface area contributed by atoms with Gasteiger partial charge in [-0.3, -0.25) is 20.4 Å². The lowest BCUT2D eigenvalue weighted by Crippen LogP contribution is -2.42. The summed E-state index contributed by atoms with van der Waals surface area (Å²) in [6.07, 6.45) is 0. The van der Waals surface area contributed by atoms with Gasteiger partial charge in [0.25, 0.3) is 11.8 Å². The van der Waals surface area contributed by atoms with E-state index in [4.69, 9.17) is 25.8 Å². The van der Waals surface area contributed by atoms with Gasteiger partial charge in [0.2, 0.25) is 10.0 Å². The van der Waals surface area contributed by atoms with E-state index in [-0.39, 0.29) is 47.3 Å². The van der Waals surface area contributed by atoms with Crippen molar-refractivity contribution < 1.29 is 32.2 Å². The third-order valence-corrected chi connectivity index (χ3v) is 7.06. The standard InChI is InChI=1S/C20H22ClN3O7S/c1-29-15-9-14(10-16(12-15)30-2)20(26)23-22-19(25)13-3-4-17(21)18(11-13)32(27,28)24-5-7-31-8-6-24/h3-4,9-12H,5-8H2,1-2H3,(H,22,25)(H,23,26). The van der Waals surface area contributed by atoms with Gasteiger partial charge in [-0.2, -0.15) is 4.31 Å². The van der Waals surface area contributed by atoms with Crippen molar-refractivity contribution in [1.82, 2.24) is 15.2 Å². The van der Waals surface area contributed by atoms with Gasteiger partial charge < -0.3 is 14.2 Å². The van der Waals surface area contributed by atoms with Gasteiger partial charge in [-0.05, 0) is 30.3 Å². The van der Waals surface area contributed by atoms with Crippen molar-refractivity contribution in [1.29, 1.82) is 0 Å². The van der Waals surface area contributed by atoms with E-state index in [9.17, 15) is 18.0 Å². The van der Waals surface area contributed by atoms with E-state index >= 15 is 0 Å². The number of methoxy groups -OCH3 is 2. The van der Waals surface area contributed by atoms with Gasteiger partial charge in [-0.1, -0.05) is 11.6 Å². The molecule has 10 nitrogen and oxygen atoms in total. The van der Waals surface area contributed by atoms with Gasteiger partial charge in [0.1, 0.15) is 16.4 Å². The van der Waals surface area contributed by atoms with Crippen molar-refractivity contribution in [3.8, 4) is 11.5 Å². The molecular weight excluding hydrogens is 462 g/mol. The Hall–Kier alpha value is -2.86. The average Bonchev–Trinajstić information content (AvgIpc) is 2.82. The van der Waals surface area contributed by atoms with Crippen LogP contribution >= 0.6 is 11.6 Å². The van der Waals surface area contributed by atoms with Crippen LogP contribution in [0.15, 0.2) is 41.3 Å². The summed E-state index contributed by atoms with van der Waals surface area (Å²) in [6, 6.07) is 8.39. The normalized spacial score (nSPS) is 14.5. The summed E-state index contributed by atoms with van der Waals surface area (Å²) in [7, 11) is -1.02. The predicted molar refractivity (Wildman–Crippen MR) is 116 cm³/mol. The summed E-state index contributed by atoms with van der Waals surface area (Å²) in [5, 5.41) is -0.0134. The summed E-state index contributed by atoms with van der Waals surface area (Å²) in [5.74, 6) is -0.540. The van der Waals surface area contributed by atoms with Crippen LogP contribution in [-0.4, -0.2) is 65.1 Å². The van der Waals surface area contributed by atoms with E-state index < -0.39 is 21.8 Å². The van der Waals surface area contributed by atoms with Crippen LogP contribution in [0.25, 0.3) is 0 Å². The first-order chi connectivity index (χ1) is 15.3. The number of benzene rings is 2. The summed E-state index contributed by atoms with van der Waals surface area (Å²) < 4.78 is 42.5. The third kappa shape index (κ3) is 5.30. The van der Waals surface area contributed by atoms with Crippen molar-refractivity contribution in [2.24, 2.45) is 0 Å². The Balaban J connectivity index is 1.75. The molecule has 1 aliphatic heterocycles. The van der Waals surface area contributed by atoms with Gasteiger partial charge in [-0.25, -0.2) is 8.42 Å². The van der Waals surface area contributed by atoms with Gasteiger partial charge >= 0.3 is 0 Å². The highest BCUT2D eigenvalue weighted by atomic mass is 35.5. The third-order valence-electron chi connectivity index (χ3n) is 4.68. The summed E-state index contributed by atoms with van der Waals surface area (Å²) in [4.78, 5) is 24.8. The molecule has 1 aliphatic rings. The minimum atomic E-state index is -3.91. The molecule has 0 spiro atoms. The second-order valence-corrected chi connectivity index (χ2v) is 8.98. The fraction of sp³-hybridized carbons (Fsp3) is 0.300. The van der Waals surface area contributed by atoms with E-state index in [1.807, 2.05) is 0 Å². The van der Waals surface area contributed by atoms with Crippen LogP contribution in [0.2, 0.25) is 5.02 Å². The molecule has 0 unspecified atom stereocenters. The number of hydrogen-bond donors (Lipinski definition) is 2. The number of hydrogen-bond acceptors (Lipinski definition) is 7. The van der Waals surface area contributed by atoms with E-state index in [0.717, 1.165) is 0 Å². The van der Waals surface area contributed by atoms with Crippen LogP contribution in [0.3, 0.4) is 0 Å². The molecule has 2 aromatic carbocycles. The molecule has 1 fully saturated rings. The van der Waals surface area contributed by atoms with Crippen molar-refractivity contribution in [3.63, 3.8) is 0 Å². The average molecular weight is 484 g/mol. The predicted octanol–water partition coefficient (Wildman–Crippen LogP) is 1.45. The van der Waals surface area contributed by atoms with Gasteiger partial charge in [0, 0.05) is 30.3 Å².